The van der Waals surface area contributed by atoms with Gasteiger partial charge in [0.25, 0.3) is 5.91 Å². The Morgan fingerprint density at radius 1 is 1.43 bits per heavy atom. The Labute approximate surface area is 144 Å². The number of amides is 1. The molecule has 0 bridgehead atoms. The summed E-state index contributed by atoms with van der Waals surface area (Å²) in [4.78, 5) is 11.9. The van der Waals surface area contributed by atoms with Gasteiger partial charge in [-0.1, -0.05) is 18.5 Å². The first-order chi connectivity index (χ1) is 9.75. The van der Waals surface area contributed by atoms with Crippen molar-refractivity contribution in [3.63, 3.8) is 0 Å². The molecule has 1 aromatic rings. The summed E-state index contributed by atoms with van der Waals surface area (Å²) in [6, 6.07) is 5.10. The fourth-order valence-electron chi connectivity index (χ4n) is 1.76. The van der Waals surface area contributed by atoms with Gasteiger partial charge >= 0.3 is 0 Å². The maximum absolute atomic E-state index is 11.9. The van der Waals surface area contributed by atoms with E-state index in [4.69, 9.17) is 11.6 Å². The maximum atomic E-state index is 11.9. The molecule has 21 heavy (non-hydrogen) atoms. The number of hydrogen-bond donors (Lipinski definition) is 1. The van der Waals surface area contributed by atoms with Gasteiger partial charge < -0.3 is 5.32 Å². The molecule has 1 amide bonds. The molecule has 0 aromatic heterocycles. The van der Waals surface area contributed by atoms with E-state index in [1.54, 1.807) is 25.1 Å². The molecule has 0 heterocycles. The lowest BCUT2D eigenvalue weighted by atomic mass is 10.2. The molecule has 1 N–H and O–H groups in total. The first-order valence-electron chi connectivity index (χ1n) is 6.44. The van der Waals surface area contributed by atoms with Crippen molar-refractivity contribution in [3.8, 4) is 0 Å². The van der Waals surface area contributed by atoms with Gasteiger partial charge in [-0.15, -0.1) is 0 Å². The van der Waals surface area contributed by atoms with E-state index in [-0.39, 0.29) is 5.91 Å². The van der Waals surface area contributed by atoms with Crippen molar-refractivity contribution >= 4 is 50.1 Å². The van der Waals surface area contributed by atoms with E-state index in [1.807, 2.05) is 0 Å². The number of carbonyl (C=O) groups is 1. The number of sulfonamides is 1. The molecule has 0 atom stereocenters. The normalized spacial score (nSPS) is 11.7. The molecule has 0 radical (unpaired) electrons. The van der Waals surface area contributed by atoms with Crippen molar-refractivity contribution in [1.29, 1.82) is 0 Å². The number of hydrogen-bond acceptors (Lipinski definition) is 3. The third-order valence-electron chi connectivity index (χ3n) is 2.87. The van der Waals surface area contributed by atoms with E-state index in [0.29, 0.717) is 36.6 Å². The van der Waals surface area contributed by atoms with Crippen molar-refractivity contribution in [2.75, 3.05) is 25.9 Å². The molecule has 0 spiro atoms. The smallest absolute Gasteiger partial charge is 0.251 e. The van der Waals surface area contributed by atoms with Gasteiger partial charge in [-0.25, -0.2) is 12.7 Å². The molecule has 0 aliphatic carbocycles. The summed E-state index contributed by atoms with van der Waals surface area (Å²) >= 11 is 8.06. The molecule has 0 fully saturated rings. The number of rotatable bonds is 7. The van der Waals surface area contributed by atoms with Crippen molar-refractivity contribution < 1.29 is 13.2 Å². The number of benzene rings is 1. The van der Waals surface area contributed by atoms with Gasteiger partial charge in [-0.05, 0) is 47.2 Å². The minimum atomic E-state index is -3.18. The van der Waals surface area contributed by atoms with Crippen molar-refractivity contribution in [1.82, 2.24) is 9.62 Å². The number of nitrogens with zero attached hydrogens (tertiary/aromatic N) is 1. The topological polar surface area (TPSA) is 66.5 Å². The van der Waals surface area contributed by atoms with Gasteiger partial charge in [0.05, 0.1) is 11.3 Å². The highest BCUT2D eigenvalue weighted by Crippen LogP contribution is 2.19. The molecule has 0 aliphatic heterocycles. The van der Waals surface area contributed by atoms with Gasteiger partial charge in [0, 0.05) is 28.8 Å². The number of carbonyl (C=O) groups excluding carboxylic acids is 1. The minimum Gasteiger partial charge on any atom is -0.352 e. The fourth-order valence-corrected chi connectivity index (χ4v) is 3.20. The van der Waals surface area contributed by atoms with Crippen LogP contribution in [0, 0.1) is 3.57 Å². The average Bonchev–Trinajstić information content (AvgIpc) is 2.40. The van der Waals surface area contributed by atoms with Crippen molar-refractivity contribution in [2.45, 2.75) is 13.3 Å². The summed E-state index contributed by atoms with van der Waals surface area (Å²) in [6.07, 6.45) is 1.74. The van der Waals surface area contributed by atoms with Crippen LogP contribution in [-0.4, -0.2) is 44.5 Å². The van der Waals surface area contributed by atoms with Crippen LogP contribution in [-0.2, 0) is 10.0 Å². The van der Waals surface area contributed by atoms with E-state index >= 15 is 0 Å². The first kappa shape index (κ1) is 18.7. The van der Waals surface area contributed by atoms with Crippen molar-refractivity contribution in [3.05, 3.63) is 32.4 Å². The van der Waals surface area contributed by atoms with E-state index in [0.717, 1.165) is 3.57 Å². The van der Waals surface area contributed by atoms with Crippen LogP contribution >= 0.6 is 34.2 Å². The zero-order chi connectivity index (χ0) is 16.0. The molecule has 118 valence electrons. The zero-order valence-corrected chi connectivity index (χ0v) is 15.6. The van der Waals surface area contributed by atoms with Crippen LogP contribution in [0.3, 0.4) is 0 Å². The molecule has 0 aliphatic rings. The predicted molar refractivity (Wildman–Crippen MR) is 93.2 cm³/mol. The molecule has 5 nitrogen and oxygen atoms in total. The second-order valence-electron chi connectivity index (χ2n) is 4.49. The van der Waals surface area contributed by atoms with Crippen LogP contribution < -0.4 is 5.32 Å². The van der Waals surface area contributed by atoms with Gasteiger partial charge in [0.1, 0.15) is 0 Å². The third-order valence-corrected chi connectivity index (χ3v) is 5.82. The summed E-state index contributed by atoms with van der Waals surface area (Å²) in [5, 5.41) is 3.29. The highest BCUT2D eigenvalue weighted by molar-refractivity contribution is 14.1. The van der Waals surface area contributed by atoms with Crippen LogP contribution in [0.15, 0.2) is 18.2 Å². The quantitative estimate of drug-likeness (QED) is 0.519. The Kier molecular flexibility index (Phi) is 7.38. The fraction of sp³-hybridized carbons (Fsp3) is 0.462. The maximum Gasteiger partial charge on any atom is 0.251 e. The average molecular weight is 445 g/mol. The lowest BCUT2D eigenvalue weighted by Gasteiger charge is -2.17. The van der Waals surface area contributed by atoms with Crippen LogP contribution in [0.2, 0.25) is 5.02 Å². The molecular weight excluding hydrogens is 427 g/mol. The van der Waals surface area contributed by atoms with E-state index < -0.39 is 10.0 Å². The molecule has 0 saturated heterocycles. The van der Waals surface area contributed by atoms with E-state index in [9.17, 15) is 13.2 Å². The van der Waals surface area contributed by atoms with Crippen molar-refractivity contribution in [2.24, 2.45) is 0 Å². The van der Waals surface area contributed by atoms with E-state index in [1.165, 1.54) is 10.6 Å². The summed E-state index contributed by atoms with van der Waals surface area (Å²) in [5.41, 5.74) is 0.496. The Morgan fingerprint density at radius 3 is 2.62 bits per heavy atom. The van der Waals surface area contributed by atoms with Gasteiger partial charge in [-0.2, -0.15) is 0 Å². The highest BCUT2D eigenvalue weighted by Gasteiger charge is 2.13. The molecule has 0 unspecified atom stereocenters. The largest absolute Gasteiger partial charge is 0.352 e. The van der Waals surface area contributed by atoms with Gasteiger partial charge in [0.15, 0.2) is 0 Å². The molecule has 1 aromatic carbocycles. The summed E-state index contributed by atoms with van der Waals surface area (Å²) < 4.78 is 25.1. The second-order valence-corrected chi connectivity index (χ2v) is 8.04. The molecular formula is C13H18ClIN2O3S. The Bertz CT molecular complexity index is 607. The van der Waals surface area contributed by atoms with Crippen LogP contribution in [0.25, 0.3) is 0 Å². The summed E-state index contributed by atoms with van der Waals surface area (Å²) in [7, 11) is -3.18. The third kappa shape index (κ3) is 6.09. The second kappa shape index (κ2) is 8.30. The Morgan fingerprint density at radius 2 is 2.10 bits per heavy atom. The Balaban J connectivity index is 2.45. The predicted octanol–water partition coefficient (Wildman–Crippen LogP) is 2.35. The van der Waals surface area contributed by atoms with Crippen LogP contribution in [0.5, 0.6) is 0 Å². The van der Waals surface area contributed by atoms with Crippen LogP contribution in [0.4, 0.5) is 0 Å². The number of halogens is 2. The highest BCUT2D eigenvalue weighted by atomic mass is 127. The number of nitrogens with one attached hydrogen (secondary N) is 1. The van der Waals surface area contributed by atoms with E-state index in [2.05, 4.69) is 27.9 Å². The standard InChI is InChI=1S/C13H18ClIN2O3S/c1-3-17(21(2,19)20)8-4-7-16-13(18)10-5-6-12(15)11(14)9-10/h5-6,9H,3-4,7-8H2,1-2H3,(H,16,18). The molecule has 1 rings (SSSR count). The first-order valence-corrected chi connectivity index (χ1v) is 9.74. The zero-order valence-electron chi connectivity index (χ0n) is 11.9. The van der Waals surface area contributed by atoms with Gasteiger partial charge in [0.2, 0.25) is 10.0 Å². The molecule has 0 saturated carbocycles. The Hall–Kier alpha value is -0.380. The minimum absolute atomic E-state index is 0.212. The SMILES string of the molecule is CCN(CCCNC(=O)c1ccc(I)c(Cl)c1)S(C)(=O)=O. The van der Waals surface area contributed by atoms with Crippen LogP contribution in [0.1, 0.15) is 23.7 Å². The monoisotopic (exact) mass is 444 g/mol. The van der Waals surface area contributed by atoms with Gasteiger partial charge in [-0.3, -0.25) is 4.79 Å². The summed E-state index contributed by atoms with van der Waals surface area (Å²) in [5.74, 6) is -0.212. The summed E-state index contributed by atoms with van der Waals surface area (Å²) in [6.45, 7) is 3.02. The lowest BCUT2D eigenvalue weighted by molar-refractivity contribution is 0.0953. The lowest BCUT2D eigenvalue weighted by Crippen LogP contribution is -2.33. The molecule has 8 heteroatoms.